The zero-order valence-electron chi connectivity index (χ0n) is 9.39. The first-order valence-corrected chi connectivity index (χ1v) is 4.77. The van der Waals surface area contributed by atoms with Gasteiger partial charge in [-0.05, 0) is 37.1 Å². The Labute approximate surface area is 124 Å². The van der Waals surface area contributed by atoms with Crippen LogP contribution in [-0.2, 0) is 0 Å². The number of methoxy groups -OCH3 is 1. The average Bonchev–Trinajstić information content (AvgIpc) is 2.23. The van der Waals surface area contributed by atoms with Crippen LogP contribution in [0.25, 0.3) is 10.9 Å². The summed E-state index contributed by atoms with van der Waals surface area (Å²) in [6.07, 6.45) is 1.75. The smallest absolute Gasteiger partial charge is 0.167 e. The molecule has 0 radical (unpaired) electrons. The van der Waals surface area contributed by atoms with Crippen LogP contribution in [0.3, 0.4) is 0 Å². The number of aromatic nitrogens is 1. The maximum Gasteiger partial charge on any atom is 0.167 e. The Hall–Kier alpha value is -0.510. The quantitative estimate of drug-likeness (QED) is 0.837. The Morgan fingerprint density at radius 1 is 1.25 bits per heavy atom. The monoisotopic (exact) mass is 243 g/mol. The topological polar surface area (TPSA) is 42.4 Å². The summed E-state index contributed by atoms with van der Waals surface area (Å²) < 4.78 is 5.11. The number of ether oxygens (including phenoxy) is 1. The van der Waals surface area contributed by atoms with E-state index in [1.165, 1.54) is 0 Å². The summed E-state index contributed by atoms with van der Waals surface area (Å²) in [7, 11) is 1.55. The van der Waals surface area contributed by atoms with E-state index in [0.717, 1.165) is 22.0 Å². The third-order valence-corrected chi connectivity index (χ3v) is 2.57. The third-order valence-electron chi connectivity index (χ3n) is 2.57. The molecule has 1 aromatic carbocycles. The van der Waals surface area contributed by atoms with Crippen molar-refractivity contribution >= 4 is 10.9 Å². The third kappa shape index (κ3) is 2.12. The van der Waals surface area contributed by atoms with Crippen molar-refractivity contribution in [2.24, 2.45) is 0 Å². The van der Waals surface area contributed by atoms with Crippen molar-refractivity contribution < 1.29 is 47.6 Å². The molecule has 2 rings (SSSR count). The van der Waals surface area contributed by atoms with Crippen LogP contribution in [0.5, 0.6) is 11.5 Å². The number of aryl methyl sites for hydroxylation is 2. The summed E-state index contributed by atoms with van der Waals surface area (Å²) in [5.74, 6) is 0.666. The normalized spacial score (nSPS) is 9.94. The molecule has 1 aromatic heterocycles. The summed E-state index contributed by atoms with van der Waals surface area (Å²) >= 11 is 0. The van der Waals surface area contributed by atoms with Crippen molar-refractivity contribution in [3.63, 3.8) is 0 Å². The van der Waals surface area contributed by atoms with E-state index in [-0.39, 0.29) is 43.5 Å². The molecule has 1 heterocycles. The van der Waals surface area contributed by atoms with Gasteiger partial charge in [0.05, 0.1) is 12.6 Å². The van der Waals surface area contributed by atoms with E-state index < -0.39 is 0 Å². The van der Waals surface area contributed by atoms with Crippen molar-refractivity contribution in [3.05, 3.63) is 29.5 Å². The van der Waals surface area contributed by atoms with Gasteiger partial charge in [-0.25, -0.2) is 0 Å². The van der Waals surface area contributed by atoms with Crippen LogP contribution < -0.4 is 4.74 Å². The van der Waals surface area contributed by atoms with E-state index in [2.05, 4.69) is 4.98 Å². The number of phenolic OH excluding ortho intramolecular Hbond substituents is 1. The van der Waals surface area contributed by atoms with Gasteiger partial charge in [-0.1, -0.05) is 0 Å². The standard InChI is InChI=1S/C12H13NO2.Ar/c1-7-4-5-13-11-8(2)6-9(15-3)12(14)10(7)11;/h4-6,14H,1-3H3;. The summed E-state index contributed by atoms with van der Waals surface area (Å²) in [5.41, 5.74) is 2.83. The molecule has 0 aliphatic heterocycles. The van der Waals surface area contributed by atoms with Crippen LogP contribution in [0, 0.1) is 51.6 Å². The van der Waals surface area contributed by atoms with Crippen LogP contribution in [0.4, 0.5) is 0 Å². The number of rotatable bonds is 1. The number of fused-ring (bicyclic) bond motifs is 1. The Morgan fingerprint density at radius 3 is 2.56 bits per heavy atom. The molecule has 4 heteroatoms. The predicted molar refractivity (Wildman–Crippen MR) is 59.4 cm³/mol. The van der Waals surface area contributed by atoms with Gasteiger partial charge in [-0.15, -0.1) is 0 Å². The van der Waals surface area contributed by atoms with Crippen molar-refractivity contribution in [2.45, 2.75) is 13.8 Å². The number of benzene rings is 1. The largest absolute Gasteiger partial charge is 0.504 e. The zero-order valence-corrected chi connectivity index (χ0v) is 10.1. The summed E-state index contributed by atoms with van der Waals surface area (Å²) in [6.45, 7) is 3.90. The molecule has 0 spiro atoms. The van der Waals surface area contributed by atoms with Gasteiger partial charge in [-0.3, -0.25) is 4.98 Å². The van der Waals surface area contributed by atoms with Crippen molar-refractivity contribution in [1.82, 2.24) is 4.98 Å². The SMILES string of the molecule is COc1cc(C)c2nccc(C)c2c1O.[Ar]. The van der Waals surface area contributed by atoms with Crippen LogP contribution in [0.1, 0.15) is 11.1 Å². The molecular formula is C12H13ArNO2. The van der Waals surface area contributed by atoms with E-state index in [0.29, 0.717) is 5.75 Å². The number of hydrogen-bond acceptors (Lipinski definition) is 3. The second-order valence-corrected chi connectivity index (χ2v) is 3.60. The van der Waals surface area contributed by atoms with Crippen molar-refractivity contribution in [2.75, 3.05) is 7.11 Å². The molecule has 0 unspecified atom stereocenters. The molecule has 0 bridgehead atoms. The molecule has 3 nitrogen and oxygen atoms in total. The number of nitrogens with zero attached hydrogens (tertiary/aromatic N) is 1. The predicted octanol–water partition coefficient (Wildman–Crippen LogP) is 2.57. The van der Waals surface area contributed by atoms with Gasteiger partial charge in [-0.2, -0.15) is 0 Å². The van der Waals surface area contributed by atoms with E-state index in [4.69, 9.17) is 4.74 Å². The summed E-state index contributed by atoms with van der Waals surface area (Å²) in [5, 5.41) is 10.8. The van der Waals surface area contributed by atoms with Gasteiger partial charge in [0.15, 0.2) is 11.5 Å². The van der Waals surface area contributed by atoms with Crippen LogP contribution >= 0.6 is 0 Å². The Bertz CT molecular complexity index is 526. The molecule has 0 atom stereocenters. The molecule has 0 aliphatic rings. The molecule has 86 valence electrons. The Kier molecular flexibility index (Phi) is 4.42. The van der Waals surface area contributed by atoms with Crippen molar-refractivity contribution in [1.29, 1.82) is 0 Å². The van der Waals surface area contributed by atoms with Gasteiger partial charge in [0, 0.05) is 49.3 Å². The number of aromatic hydroxyl groups is 1. The second kappa shape index (κ2) is 5.21. The molecule has 2 aromatic rings. The van der Waals surface area contributed by atoms with Gasteiger partial charge in [0.2, 0.25) is 0 Å². The average molecular weight is 243 g/mol. The molecule has 0 amide bonds. The fourth-order valence-corrected chi connectivity index (χ4v) is 1.77. The minimum Gasteiger partial charge on any atom is -0.504 e. The fourth-order valence-electron chi connectivity index (χ4n) is 1.77. The molecule has 0 saturated carbocycles. The van der Waals surface area contributed by atoms with E-state index in [9.17, 15) is 5.11 Å². The van der Waals surface area contributed by atoms with Gasteiger partial charge < -0.3 is 9.84 Å². The Morgan fingerprint density at radius 2 is 1.94 bits per heavy atom. The molecule has 0 saturated heterocycles. The first kappa shape index (κ1) is 13.6. The van der Waals surface area contributed by atoms with Crippen molar-refractivity contribution in [3.8, 4) is 11.5 Å². The van der Waals surface area contributed by atoms with Crippen LogP contribution in [0.15, 0.2) is 18.3 Å². The van der Waals surface area contributed by atoms with E-state index >= 15 is 0 Å². The molecule has 1 N–H and O–H groups in total. The molecular weight excluding hydrogens is 230 g/mol. The number of hydrogen-bond donors (Lipinski definition) is 1. The van der Waals surface area contributed by atoms with E-state index in [1.54, 1.807) is 19.4 Å². The molecule has 16 heavy (non-hydrogen) atoms. The van der Waals surface area contributed by atoms with Crippen LogP contribution in [-0.4, -0.2) is 17.2 Å². The second-order valence-electron chi connectivity index (χ2n) is 3.60. The number of phenols is 1. The van der Waals surface area contributed by atoms with Gasteiger partial charge in [0.1, 0.15) is 0 Å². The maximum atomic E-state index is 9.99. The maximum absolute atomic E-state index is 9.99. The fraction of sp³-hybridized carbons (Fsp3) is 0.250. The van der Waals surface area contributed by atoms with E-state index in [1.807, 2.05) is 19.9 Å². The van der Waals surface area contributed by atoms with Gasteiger partial charge in [0.25, 0.3) is 0 Å². The van der Waals surface area contributed by atoms with Crippen LogP contribution in [0.2, 0.25) is 0 Å². The summed E-state index contributed by atoms with van der Waals surface area (Å²) in [6, 6.07) is 3.67. The molecule has 0 fully saturated rings. The first-order chi connectivity index (χ1) is 7.15. The molecule has 0 aliphatic carbocycles. The minimum absolute atomic E-state index is 0. The Balaban J connectivity index is 0.00000128. The van der Waals surface area contributed by atoms with Gasteiger partial charge >= 0.3 is 0 Å². The first-order valence-electron chi connectivity index (χ1n) is 4.77. The zero-order chi connectivity index (χ0) is 11.0. The minimum atomic E-state index is 0. The number of pyridine rings is 1. The summed E-state index contributed by atoms with van der Waals surface area (Å²) in [4.78, 5) is 4.26.